The van der Waals surface area contributed by atoms with Crippen molar-refractivity contribution in [1.82, 2.24) is 14.5 Å². The van der Waals surface area contributed by atoms with E-state index in [1.165, 1.54) is 4.57 Å². The van der Waals surface area contributed by atoms with Crippen molar-refractivity contribution in [1.29, 1.82) is 0 Å². The van der Waals surface area contributed by atoms with E-state index in [-0.39, 0.29) is 24.2 Å². The van der Waals surface area contributed by atoms with E-state index in [1.807, 2.05) is 44.2 Å². The predicted octanol–water partition coefficient (Wildman–Crippen LogP) is 2.72. The number of aromatic nitrogens is 2. The van der Waals surface area contributed by atoms with Crippen LogP contribution in [0.3, 0.4) is 0 Å². The average Bonchev–Trinajstić information content (AvgIpc) is 2.98. The van der Waals surface area contributed by atoms with E-state index in [4.69, 9.17) is 9.47 Å². The number of methoxy groups -OCH3 is 2. The lowest BCUT2D eigenvalue weighted by Gasteiger charge is -2.18. The van der Waals surface area contributed by atoms with Gasteiger partial charge >= 0.3 is 5.69 Å². The van der Waals surface area contributed by atoms with Crippen LogP contribution in [0.15, 0.2) is 47.3 Å². The van der Waals surface area contributed by atoms with Crippen molar-refractivity contribution in [3.63, 3.8) is 0 Å². The van der Waals surface area contributed by atoms with Crippen LogP contribution in [0.5, 0.6) is 11.5 Å². The molecular formula is C21H25N3O4. The van der Waals surface area contributed by atoms with Gasteiger partial charge in [0.1, 0.15) is 18.0 Å². The summed E-state index contributed by atoms with van der Waals surface area (Å²) in [6.07, 6.45) is 0. The molecule has 2 aromatic carbocycles. The standard InChI is InChI=1S/C21H25N3O4/c1-5-23-17-8-6-7-9-18(17)24(21(23)26)13-20(25)22-14(2)16-12-15(27-3)10-11-19(16)28-4/h6-12,14H,5,13H2,1-4H3,(H,22,25)/t14-/m0/s1. The number of imidazole rings is 1. The van der Waals surface area contributed by atoms with Crippen LogP contribution in [0.4, 0.5) is 0 Å². The minimum absolute atomic E-state index is 0.0526. The summed E-state index contributed by atoms with van der Waals surface area (Å²) in [5.74, 6) is 1.09. The molecule has 28 heavy (non-hydrogen) atoms. The van der Waals surface area contributed by atoms with Crippen molar-refractivity contribution < 1.29 is 14.3 Å². The normalized spacial score (nSPS) is 12.0. The predicted molar refractivity (Wildman–Crippen MR) is 108 cm³/mol. The zero-order chi connectivity index (χ0) is 20.3. The number of amides is 1. The number of carbonyl (C=O) groups excluding carboxylic acids is 1. The van der Waals surface area contributed by atoms with Crippen molar-refractivity contribution in [2.45, 2.75) is 33.0 Å². The van der Waals surface area contributed by atoms with E-state index in [2.05, 4.69) is 5.32 Å². The number of para-hydroxylation sites is 2. The summed E-state index contributed by atoms with van der Waals surface area (Å²) < 4.78 is 13.8. The van der Waals surface area contributed by atoms with Crippen LogP contribution in [0.1, 0.15) is 25.5 Å². The number of rotatable bonds is 7. The highest BCUT2D eigenvalue weighted by Gasteiger charge is 2.18. The molecule has 7 heteroatoms. The molecule has 3 aromatic rings. The molecule has 1 amide bonds. The Labute approximate surface area is 163 Å². The van der Waals surface area contributed by atoms with Gasteiger partial charge < -0.3 is 14.8 Å². The molecule has 0 aliphatic heterocycles. The summed E-state index contributed by atoms with van der Waals surface area (Å²) in [7, 11) is 3.17. The lowest BCUT2D eigenvalue weighted by atomic mass is 10.1. The van der Waals surface area contributed by atoms with E-state index >= 15 is 0 Å². The van der Waals surface area contributed by atoms with Gasteiger partial charge in [-0.3, -0.25) is 13.9 Å². The van der Waals surface area contributed by atoms with Gasteiger partial charge in [-0.25, -0.2) is 4.79 Å². The molecule has 0 spiro atoms. The van der Waals surface area contributed by atoms with Crippen LogP contribution in [-0.4, -0.2) is 29.3 Å². The Bertz CT molecular complexity index is 1050. The van der Waals surface area contributed by atoms with Crippen LogP contribution in [0.25, 0.3) is 11.0 Å². The molecular weight excluding hydrogens is 358 g/mol. The number of carbonyl (C=O) groups is 1. The fraction of sp³-hybridized carbons (Fsp3) is 0.333. The first-order valence-electron chi connectivity index (χ1n) is 9.19. The number of fused-ring (bicyclic) bond motifs is 1. The number of nitrogens with one attached hydrogen (secondary N) is 1. The second-order valence-corrected chi connectivity index (χ2v) is 6.50. The minimum atomic E-state index is -0.312. The maximum absolute atomic E-state index is 12.7. The third-order valence-corrected chi connectivity index (χ3v) is 4.82. The fourth-order valence-electron chi connectivity index (χ4n) is 3.42. The largest absolute Gasteiger partial charge is 0.497 e. The summed E-state index contributed by atoms with van der Waals surface area (Å²) in [6, 6.07) is 12.6. The van der Waals surface area contributed by atoms with Gasteiger partial charge in [0, 0.05) is 12.1 Å². The van der Waals surface area contributed by atoms with Crippen molar-refractivity contribution in [3.05, 3.63) is 58.5 Å². The molecule has 3 rings (SSSR count). The number of nitrogens with zero attached hydrogens (tertiary/aromatic N) is 2. The first-order chi connectivity index (χ1) is 13.5. The molecule has 0 unspecified atom stereocenters. The molecule has 1 N–H and O–H groups in total. The Morgan fingerprint density at radius 3 is 2.36 bits per heavy atom. The SMILES string of the molecule is CCn1c(=O)n(CC(=O)N[C@@H](C)c2cc(OC)ccc2OC)c2ccccc21. The number of ether oxygens (including phenoxy) is 2. The van der Waals surface area contributed by atoms with E-state index in [1.54, 1.807) is 30.9 Å². The Morgan fingerprint density at radius 2 is 1.75 bits per heavy atom. The second-order valence-electron chi connectivity index (χ2n) is 6.50. The number of hydrogen-bond acceptors (Lipinski definition) is 4. The molecule has 0 radical (unpaired) electrons. The topological polar surface area (TPSA) is 74.5 Å². The van der Waals surface area contributed by atoms with Crippen molar-refractivity contribution in [3.8, 4) is 11.5 Å². The number of hydrogen-bond donors (Lipinski definition) is 1. The van der Waals surface area contributed by atoms with Gasteiger partial charge in [0.25, 0.3) is 0 Å². The van der Waals surface area contributed by atoms with E-state index in [0.29, 0.717) is 18.0 Å². The summed E-state index contributed by atoms with van der Waals surface area (Å²) in [5, 5.41) is 2.95. The first kappa shape index (κ1) is 19.5. The van der Waals surface area contributed by atoms with Gasteiger partial charge in [0.05, 0.1) is 31.3 Å². The fourth-order valence-corrected chi connectivity index (χ4v) is 3.42. The summed E-state index contributed by atoms with van der Waals surface area (Å²) in [4.78, 5) is 25.4. The van der Waals surface area contributed by atoms with Crippen LogP contribution in [0, 0.1) is 0 Å². The third kappa shape index (κ3) is 3.60. The van der Waals surface area contributed by atoms with Gasteiger partial charge in [0.2, 0.25) is 5.91 Å². The van der Waals surface area contributed by atoms with Gasteiger partial charge in [-0.15, -0.1) is 0 Å². The molecule has 1 heterocycles. The highest BCUT2D eigenvalue weighted by molar-refractivity contribution is 5.81. The van der Waals surface area contributed by atoms with Gasteiger partial charge in [-0.1, -0.05) is 12.1 Å². The highest BCUT2D eigenvalue weighted by Crippen LogP contribution is 2.29. The average molecular weight is 383 g/mol. The van der Waals surface area contributed by atoms with Crippen molar-refractivity contribution in [2.75, 3.05) is 14.2 Å². The van der Waals surface area contributed by atoms with E-state index < -0.39 is 0 Å². The summed E-state index contributed by atoms with van der Waals surface area (Å²) in [5.41, 5.74) is 2.19. The third-order valence-electron chi connectivity index (χ3n) is 4.82. The second kappa shape index (κ2) is 8.21. The summed E-state index contributed by atoms with van der Waals surface area (Å²) >= 11 is 0. The maximum atomic E-state index is 12.7. The molecule has 0 saturated carbocycles. The minimum Gasteiger partial charge on any atom is -0.497 e. The summed E-state index contributed by atoms with van der Waals surface area (Å²) in [6.45, 7) is 4.27. The smallest absolute Gasteiger partial charge is 0.329 e. The molecule has 0 aliphatic carbocycles. The Kier molecular flexibility index (Phi) is 5.73. The lowest BCUT2D eigenvalue weighted by Crippen LogP contribution is -2.34. The van der Waals surface area contributed by atoms with Gasteiger partial charge in [-0.2, -0.15) is 0 Å². The molecule has 148 valence electrons. The van der Waals surface area contributed by atoms with Crippen molar-refractivity contribution in [2.24, 2.45) is 0 Å². The molecule has 0 fully saturated rings. The van der Waals surface area contributed by atoms with Gasteiger partial charge in [-0.05, 0) is 44.2 Å². The molecule has 1 atom stereocenters. The monoisotopic (exact) mass is 383 g/mol. The van der Waals surface area contributed by atoms with Crippen LogP contribution < -0.4 is 20.5 Å². The van der Waals surface area contributed by atoms with Crippen LogP contribution >= 0.6 is 0 Å². The van der Waals surface area contributed by atoms with E-state index in [0.717, 1.165) is 16.6 Å². The lowest BCUT2D eigenvalue weighted by molar-refractivity contribution is -0.122. The molecule has 0 aliphatic rings. The van der Waals surface area contributed by atoms with Crippen LogP contribution in [-0.2, 0) is 17.9 Å². The Balaban J connectivity index is 1.85. The molecule has 1 aromatic heterocycles. The maximum Gasteiger partial charge on any atom is 0.329 e. The zero-order valence-electron chi connectivity index (χ0n) is 16.6. The Hall–Kier alpha value is -3.22. The molecule has 0 saturated heterocycles. The first-order valence-corrected chi connectivity index (χ1v) is 9.19. The quantitative estimate of drug-likeness (QED) is 0.681. The van der Waals surface area contributed by atoms with Gasteiger partial charge in [0.15, 0.2) is 0 Å². The van der Waals surface area contributed by atoms with E-state index in [9.17, 15) is 9.59 Å². The molecule has 0 bridgehead atoms. The Morgan fingerprint density at radius 1 is 1.07 bits per heavy atom. The van der Waals surface area contributed by atoms with Crippen molar-refractivity contribution >= 4 is 16.9 Å². The van der Waals surface area contributed by atoms with Crippen LogP contribution in [0.2, 0.25) is 0 Å². The highest BCUT2D eigenvalue weighted by atomic mass is 16.5. The number of benzene rings is 2. The number of aryl methyl sites for hydroxylation is 1. The molecule has 7 nitrogen and oxygen atoms in total. The zero-order valence-corrected chi connectivity index (χ0v) is 16.6.